The number of fused-ring (bicyclic) bond motifs is 6. The molecular weight excluding hydrogens is 910 g/mol. The summed E-state index contributed by atoms with van der Waals surface area (Å²) in [6.07, 6.45) is -8.96. The van der Waals surface area contributed by atoms with Gasteiger partial charge in [0.1, 0.15) is 0 Å². The molecule has 0 aromatic heterocycles. The van der Waals surface area contributed by atoms with Crippen molar-refractivity contribution in [2.24, 2.45) is 0 Å². The van der Waals surface area contributed by atoms with Crippen LogP contribution in [0.5, 0.6) is 11.5 Å². The Bertz CT molecular complexity index is 2650. The third-order valence-electron chi connectivity index (χ3n) is 13.0. The Morgan fingerprint density at radius 1 is 0.385 bits per heavy atom. The van der Waals surface area contributed by atoms with Crippen LogP contribution >= 0.6 is 0 Å². The van der Waals surface area contributed by atoms with Gasteiger partial charge in [0, 0.05) is 0 Å². The van der Waals surface area contributed by atoms with Crippen LogP contribution in [0.1, 0.15) is 139 Å². The molecule has 9 heteroatoms. The molecule has 0 fully saturated rings. The van der Waals surface area contributed by atoms with Crippen LogP contribution in [0, 0.1) is 0 Å². The first-order valence-corrected chi connectivity index (χ1v) is 26.8. The van der Waals surface area contributed by atoms with Crippen molar-refractivity contribution >= 4 is 6.54 Å². The number of halogens is 6. The third-order valence-corrected chi connectivity index (χ3v) is 21.6. The minimum atomic E-state index is -6.38. The van der Waals surface area contributed by atoms with Crippen molar-refractivity contribution in [2.45, 2.75) is 130 Å². The molecule has 2 aliphatic rings. The molecule has 0 atom stereocenters. The zero-order valence-corrected chi connectivity index (χ0v) is 41.8. The van der Waals surface area contributed by atoms with Crippen molar-refractivity contribution in [1.29, 1.82) is 0 Å². The number of alkyl halides is 6. The van der Waals surface area contributed by atoms with E-state index in [0.29, 0.717) is 19.4 Å². The fraction of sp³-hybridized carbons (Fsp3) is 0.357. The first-order chi connectivity index (χ1) is 30.0. The van der Waals surface area contributed by atoms with Crippen molar-refractivity contribution in [3.63, 3.8) is 0 Å². The Balaban J connectivity index is 1.60. The van der Waals surface area contributed by atoms with Gasteiger partial charge < -0.3 is 0 Å². The quantitative estimate of drug-likeness (QED) is 0.155. The topological polar surface area (TPSA) is 18.5 Å². The molecule has 0 N–H and O–H groups in total. The first kappa shape index (κ1) is 46.9. The molecule has 0 amide bonds. The van der Waals surface area contributed by atoms with Gasteiger partial charge in [-0.3, -0.25) is 0 Å². The maximum atomic E-state index is 15.4. The Kier molecular flexibility index (Phi) is 11.4. The molecule has 0 radical (unpaired) electrons. The van der Waals surface area contributed by atoms with Crippen LogP contribution < -0.4 is 12.2 Å². The SMILES string of the molecule is CC(C)(C)c1ccc2c(c1)Cc1c-2ccc(C(C)(C)C)[c]1[Zr]([O]c1ccccc1C(F)(F)F)([O]c1ccccc1C(F)(F)F)[c]1c(C(C)(C)C)ccc2c1Cc1cc(C(C)(C)C)ccc1-2. The van der Waals surface area contributed by atoms with Crippen molar-refractivity contribution in [3.8, 4) is 33.8 Å². The van der Waals surface area contributed by atoms with E-state index in [4.69, 9.17) is 5.63 Å². The van der Waals surface area contributed by atoms with Gasteiger partial charge in [0.25, 0.3) is 0 Å². The van der Waals surface area contributed by atoms with Gasteiger partial charge in [-0.25, -0.2) is 0 Å². The summed E-state index contributed by atoms with van der Waals surface area (Å²) in [6.45, 7) is 25.1. The summed E-state index contributed by atoms with van der Waals surface area (Å²) in [5.41, 5.74) is 7.32. The first-order valence-electron chi connectivity index (χ1n) is 22.3. The van der Waals surface area contributed by atoms with Crippen molar-refractivity contribution in [2.75, 3.05) is 0 Å². The van der Waals surface area contributed by atoms with Crippen LogP contribution in [0.2, 0.25) is 0 Å². The summed E-state index contributed by atoms with van der Waals surface area (Å²) >= 11 is -6.38. The van der Waals surface area contributed by atoms with Crippen LogP contribution in [0.25, 0.3) is 22.3 Å². The molecule has 0 aliphatic heterocycles. The molecular formula is C56H58F6O2Zr. The van der Waals surface area contributed by atoms with E-state index in [-0.39, 0.29) is 10.8 Å². The van der Waals surface area contributed by atoms with E-state index in [9.17, 15) is 0 Å². The number of rotatable bonds is 6. The second kappa shape index (κ2) is 15.7. The van der Waals surface area contributed by atoms with Gasteiger partial charge >= 0.3 is 388 Å². The predicted molar refractivity (Wildman–Crippen MR) is 248 cm³/mol. The summed E-state index contributed by atoms with van der Waals surface area (Å²) in [7, 11) is 0. The molecule has 0 saturated carbocycles. The Morgan fingerprint density at radius 2 is 0.723 bits per heavy atom. The van der Waals surface area contributed by atoms with Gasteiger partial charge in [-0.2, -0.15) is 0 Å². The normalized spacial score (nSPS) is 14.2. The van der Waals surface area contributed by atoms with E-state index < -0.39 is 67.0 Å². The van der Waals surface area contributed by atoms with E-state index in [0.717, 1.165) is 78.9 Å². The maximum absolute atomic E-state index is 15.4. The Morgan fingerprint density at radius 3 is 1.05 bits per heavy atom. The van der Waals surface area contributed by atoms with E-state index in [1.54, 1.807) is 0 Å². The second-order valence-corrected chi connectivity index (χ2v) is 28.4. The van der Waals surface area contributed by atoms with E-state index in [2.05, 4.69) is 90.1 Å². The fourth-order valence-corrected chi connectivity index (χ4v) is 20.9. The van der Waals surface area contributed by atoms with Gasteiger partial charge in [0.05, 0.1) is 0 Å². The van der Waals surface area contributed by atoms with Gasteiger partial charge in [-0.15, -0.1) is 0 Å². The van der Waals surface area contributed by atoms with Crippen LogP contribution in [0.3, 0.4) is 0 Å². The molecule has 0 heterocycles. The van der Waals surface area contributed by atoms with Gasteiger partial charge in [0.15, 0.2) is 0 Å². The standard InChI is InChI=1S/2C21H25.2C7H5F3O.Zr/c2*1-20(2,3)16-7-9-18-14(12-16)11-15-13-17(21(4,5)6)8-10-19(15)18;2*8-7(9,10)5-3-1-2-4-6(5)11;/h2*7-10,12H,11H2,1-6H3;2*1-4,11H;/q;;;;+2/p-2. The zero-order chi connectivity index (χ0) is 47.4. The molecule has 8 rings (SSSR count). The number of benzene rings is 6. The number of hydrogen-bond donors (Lipinski definition) is 0. The Labute approximate surface area is 386 Å². The number of para-hydroxylation sites is 2. The molecule has 6 aromatic carbocycles. The Hall–Kier alpha value is -4.62. The summed E-state index contributed by atoms with van der Waals surface area (Å²) in [6, 6.07) is 31.1. The number of hydrogen-bond acceptors (Lipinski definition) is 2. The van der Waals surface area contributed by atoms with Crippen LogP contribution in [-0.4, -0.2) is 0 Å². The summed E-state index contributed by atoms with van der Waals surface area (Å²) < 4.78 is 109. The van der Waals surface area contributed by atoms with Crippen LogP contribution in [-0.2, 0) is 68.0 Å². The molecule has 65 heavy (non-hydrogen) atoms. The van der Waals surface area contributed by atoms with Gasteiger partial charge in [0.2, 0.25) is 0 Å². The molecule has 2 nitrogen and oxygen atoms in total. The van der Waals surface area contributed by atoms with Crippen molar-refractivity contribution in [1.82, 2.24) is 0 Å². The summed E-state index contributed by atoms with van der Waals surface area (Å²) in [5, 5.41) is 0. The molecule has 0 bridgehead atoms. The van der Waals surface area contributed by atoms with E-state index in [1.807, 2.05) is 53.7 Å². The monoisotopic (exact) mass is 966 g/mol. The summed E-state index contributed by atoms with van der Waals surface area (Å²) in [5.74, 6) is -0.961. The molecule has 2 aliphatic carbocycles. The average molecular weight is 968 g/mol. The molecule has 0 unspecified atom stereocenters. The molecule has 340 valence electrons. The van der Waals surface area contributed by atoms with Gasteiger partial charge in [-0.05, 0) is 0 Å². The van der Waals surface area contributed by atoms with Gasteiger partial charge in [-0.1, -0.05) is 0 Å². The molecule has 0 saturated heterocycles. The molecule has 6 aromatic rings. The van der Waals surface area contributed by atoms with Crippen molar-refractivity contribution in [3.05, 3.63) is 165 Å². The molecule has 0 spiro atoms. The third kappa shape index (κ3) is 8.53. The second-order valence-electron chi connectivity index (χ2n) is 21.9. The summed E-state index contributed by atoms with van der Waals surface area (Å²) in [4.78, 5) is 0. The minimum absolute atomic E-state index is 0.185. The zero-order valence-electron chi connectivity index (χ0n) is 39.4. The fourth-order valence-electron chi connectivity index (χ4n) is 9.73. The van der Waals surface area contributed by atoms with E-state index >= 15 is 26.3 Å². The van der Waals surface area contributed by atoms with Crippen LogP contribution in [0.15, 0.2) is 109 Å². The predicted octanol–water partition coefficient (Wildman–Crippen LogP) is 15.1. The van der Waals surface area contributed by atoms with E-state index in [1.165, 1.54) is 36.4 Å². The average Bonchev–Trinajstić information content (AvgIpc) is 3.76. The van der Waals surface area contributed by atoms with Crippen molar-refractivity contribution < 1.29 is 53.1 Å². The van der Waals surface area contributed by atoms with Crippen LogP contribution in [0.4, 0.5) is 26.3 Å².